The number of aromatic nitrogens is 5. The highest BCUT2D eigenvalue weighted by molar-refractivity contribution is 6.31. The van der Waals surface area contributed by atoms with E-state index in [1.807, 2.05) is 16.7 Å². The van der Waals surface area contributed by atoms with Gasteiger partial charge in [-0.1, -0.05) is 18.0 Å². The van der Waals surface area contributed by atoms with Crippen molar-refractivity contribution >= 4 is 34.2 Å². The monoisotopic (exact) mass is 412 g/mol. The lowest BCUT2D eigenvalue weighted by Gasteiger charge is -2.23. The second-order valence-corrected chi connectivity index (χ2v) is 7.68. The average Bonchev–Trinajstić information content (AvgIpc) is 3.24. The summed E-state index contributed by atoms with van der Waals surface area (Å²) in [7, 11) is 0. The van der Waals surface area contributed by atoms with Gasteiger partial charge in [0.05, 0.1) is 21.6 Å². The van der Waals surface area contributed by atoms with Crippen LogP contribution in [0.15, 0.2) is 30.5 Å². The molecular weight excluding hydrogens is 395 g/mol. The third kappa shape index (κ3) is 3.23. The fourth-order valence-electron chi connectivity index (χ4n) is 3.62. The first-order valence-electron chi connectivity index (χ1n) is 9.55. The topological polar surface area (TPSA) is 88.0 Å². The van der Waals surface area contributed by atoms with E-state index >= 15 is 0 Å². The maximum atomic E-state index is 13.6. The second-order valence-electron chi connectivity index (χ2n) is 7.27. The molecule has 29 heavy (non-hydrogen) atoms. The number of amides is 1. The molecule has 1 aromatic carbocycles. The lowest BCUT2D eigenvalue weighted by Crippen LogP contribution is -2.26. The maximum absolute atomic E-state index is 13.6. The molecule has 5 rings (SSSR count). The number of hydrogen-bond donors (Lipinski definition) is 2. The van der Waals surface area contributed by atoms with Gasteiger partial charge >= 0.3 is 0 Å². The minimum atomic E-state index is -0.495. The molecule has 3 heterocycles. The molecule has 0 spiro atoms. The molecule has 2 N–H and O–H groups in total. The standard InChI is InChI=1S/C20H18ClFN6O/c21-13-9-15-16(10-14(13)22)25-17(24-15)6-7-23-20(29)12-5-2-8-28-18(11-3-1-4-11)26-27-19(12)28/h2,5,8-11H,1,3-4,6-7H2,(H,23,29)(H,24,25). The van der Waals surface area contributed by atoms with Crippen molar-refractivity contribution in [3.8, 4) is 0 Å². The van der Waals surface area contributed by atoms with Crippen LogP contribution in [-0.2, 0) is 6.42 Å². The molecular formula is C20H18ClFN6O. The Balaban J connectivity index is 1.29. The van der Waals surface area contributed by atoms with E-state index in [0.29, 0.717) is 47.0 Å². The van der Waals surface area contributed by atoms with Gasteiger partial charge in [0.15, 0.2) is 5.65 Å². The first kappa shape index (κ1) is 18.1. The predicted octanol–water partition coefficient (Wildman–Crippen LogP) is 3.64. The van der Waals surface area contributed by atoms with Crippen LogP contribution >= 0.6 is 11.6 Å². The summed E-state index contributed by atoms with van der Waals surface area (Å²) in [6.07, 6.45) is 5.81. The van der Waals surface area contributed by atoms with E-state index in [0.717, 1.165) is 18.7 Å². The van der Waals surface area contributed by atoms with Crippen LogP contribution in [-0.4, -0.2) is 37.0 Å². The third-order valence-corrected chi connectivity index (χ3v) is 5.69. The van der Waals surface area contributed by atoms with Gasteiger partial charge in [-0.05, 0) is 31.0 Å². The normalized spacial score (nSPS) is 14.4. The maximum Gasteiger partial charge on any atom is 0.255 e. The summed E-state index contributed by atoms with van der Waals surface area (Å²) in [5.74, 6) is 1.29. The van der Waals surface area contributed by atoms with Gasteiger partial charge in [-0.25, -0.2) is 9.37 Å². The molecule has 0 radical (unpaired) electrons. The van der Waals surface area contributed by atoms with Crippen LogP contribution < -0.4 is 5.32 Å². The zero-order valence-corrected chi connectivity index (χ0v) is 16.2. The first-order chi connectivity index (χ1) is 14.1. The number of imidazole rings is 1. The Hall–Kier alpha value is -3.00. The number of hydrogen-bond acceptors (Lipinski definition) is 4. The molecule has 3 aromatic heterocycles. The summed E-state index contributed by atoms with van der Waals surface area (Å²) in [5.41, 5.74) is 2.23. The average molecular weight is 413 g/mol. The molecule has 1 fully saturated rings. The number of rotatable bonds is 5. The zero-order chi connectivity index (χ0) is 20.0. The van der Waals surface area contributed by atoms with E-state index in [1.165, 1.54) is 18.6 Å². The van der Waals surface area contributed by atoms with Gasteiger partial charge in [-0.2, -0.15) is 0 Å². The van der Waals surface area contributed by atoms with Gasteiger partial charge in [0.1, 0.15) is 17.5 Å². The zero-order valence-electron chi connectivity index (χ0n) is 15.5. The Kier molecular flexibility index (Phi) is 4.43. The van der Waals surface area contributed by atoms with Crippen molar-refractivity contribution in [3.63, 3.8) is 0 Å². The number of carbonyl (C=O) groups is 1. The van der Waals surface area contributed by atoms with E-state index in [-0.39, 0.29) is 10.9 Å². The lowest BCUT2D eigenvalue weighted by molar-refractivity contribution is 0.0955. The highest BCUT2D eigenvalue weighted by Gasteiger charge is 2.25. The van der Waals surface area contributed by atoms with Crippen molar-refractivity contribution in [2.24, 2.45) is 0 Å². The number of carbonyl (C=O) groups excluding carboxylic acids is 1. The molecule has 1 saturated carbocycles. The van der Waals surface area contributed by atoms with Crippen LogP contribution in [0.25, 0.3) is 16.7 Å². The molecule has 0 bridgehead atoms. The van der Waals surface area contributed by atoms with Gasteiger partial charge in [0, 0.05) is 31.1 Å². The second kappa shape index (κ2) is 7.11. The molecule has 0 atom stereocenters. The molecule has 7 nitrogen and oxygen atoms in total. The SMILES string of the molecule is O=C(NCCc1nc2cc(Cl)c(F)cc2[nH]1)c1cccn2c(C3CCC3)nnc12. The number of halogens is 2. The van der Waals surface area contributed by atoms with E-state index < -0.39 is 5.82 Å². The fraction of sp³-hybridized carbons (Fsp3) is 0.300. The number of aromatic amines is 1. The van der Waals surface area contributed by atoms with Gasteiger partial charge in [-0.15, -0.1) is 10.2 Å². The fourth-order valence-corrected chi connectivity index (χ4v) is 3.78. The number of pyridine rings is 1. The number of nitrogens with one attached hydrogen (secondary N) is 2. The van der Waals surface area contributed by atoms with Crippen LogP contribution in [0.3, 0.4) is 0 Å². The molecule has 0 aliphatic heterocycles. The van der Waals surface area contributed by atoms with E-state index in [9.17, 15) is 9.18 Å². The molecule has 0 saturated heterocycles. The molecule has 1 aliphatic rings. The molecule has 9 heteroatoms. The number of benzene rings is 1. The highest BCUT2D eigenvalue weighted by atomic mass is 35.5. The largest absolute Gasteiger partial charge is 0.351 e. The van der Waals surface area contributed by atoms with Gasteiger partial charge in [-0.3, -0.25) is 9.20 Å². The Labute approximate surface area is 170 Å². The highest BCUT2D eigenvalue weighted by Crippen LogP contribution is 2.35. The van der Waals surface area contributed by atoms with E-state index in [1.54, 1.807) is 6.07 Å². The van der Waals surface area contributed by atoms with Crippen molar-refractivity contribution in [2.45, 2.75) is 31.6 Å². The van der Waals surface area contributed by atoms with Crippen molar-refractivity contribution < 1.29 is 9.18 Å². The minimum Gasteiger partial charge on any atom is -0.351 e. The van der Waals surface area contributed by atoms with E-state index in [4.69, 9.17) is 11.6 Å². The van der Waals surface area contributed by atoms with Crippen LogP contribution in [0.4, 0.5) is 4.39 Å². The Morgan fingerprint density at radius 2 is 2.21 bits per heavy atom. The molecule has 1 amide bonds. The van der Waals surface area contributed by atoms with Crippen molar-refractivity contribution in [2.75, 3.05) is 6.54 Å². The summed E-state index contributed by atoms with van der Waals surface area (Å²) in [6.45, 7) is 0.375. The van der Waals surface area contributed by atoms with E-state index in [2.05, 4.69) is 25.5 Å². The van der Waals surface area contributed by atoms with Crippen LogP contribution in [0.5, 0.6) is 0 Å². The van der Waals surface area contributed by atoms with Crippen molar-refractivity contribution in [1.29, 1.82) is 0 Å². The Bertz CT molecular complexity index is 1190. The van der Waals surface area contributed by atoms with Crippen LogP contribution in [0, 0.1) is 5.82 Å². The predicted molar refractivity (Wildman–Crippen MR) is 107 cm³/mol. The molecule has 148 valence electrons. The summed E-state index contributed by atoms with van der Waals surface area (Å²) < 4.78 is 15.5. The summed E-state index contributed by atoms with van der Waals surface area (Å²) in [6, 6.07) is 6.38. The lowest BCUT2D eigenvalue weighted by atomic mass is 9.85. The summed E-state index contributed by atoms with van der Waals surface area (Å²) in [5, 5.41) is 11.5. The van der Waals surface area contributed by atoms with Gasteiger partial charge in [0.25, 0.3) is 5.91 Å². The minimum absolute atomic E-state index is 0.0338. The quantitative estimate of drug-likeness (QED) is 0.524. The van der Waals surface area contributed by atoms with Gasteiger partial charge in [0.2, 0.25) is 0 Å². The Morgan fingerprint density at radius 3 is 3.00 bits per heavy atom. The molecule has 1 aliphatic carbocycles. The number of nitrogens with zero attached hydrogens (tertiary/aromatic N) is 4. The molecule has 0 unspecified atom stereocenters. The summed E-state index contributed by atoms with van der Waals surface area (Å²) >= 11 is 5.79. The first-order valence-corrected chi connectivity index (χ1v) is 9.93. The smallest absolute Gasteiger partial charge is 0.255 e. The Morgan fingerprint density at radius 1 is 1.34 bits per heavy atom. The van der Waals surface area contributed by atoms with Crippen molar-refractivity contribution in [1.82, 2.24) is 29.9 Å². The third-order valence-electron chi connectivity index (χ3n) is 5.40. The summed E-state index contributed by atoms with van der Waals surface area (Å²) in [4.78, 5) is 20.1. The van der Waals surface area contributed by atoms with Crippen molar-refractivity contribution in [3.05, 3.63) is 58.5 Å². The van der Waals surface area contributed by atoms with Gasteiger partial charge < -0.3 is 10.3 Å². The number of H-pyrrole nitrogens is 1. The molecule has 4 aromatic rings. The van der Waals surface area contributed by atoms with Crippen LogP contribution in [0.1, 0.15) is 47.2 Å². The number of fused-ring (bicyclic) bond motifs is 2. The van der Waals surface area contributed by atoms with Crippen LogP contribution in [0.2, 0.25) is 5.02 Å².